The summed E-state index contributed by atoms with van der Waals surface area (Å²) in [6, 6.07) is 14.4. The Morgan fingerprint density at radius 3 is 2.14 bits per heavy atom. The molecular weight excluding hydrogens is 387 g/mol. The van der Waals surface area contributed by atoms with Crippen molar-refractivity contribution in [1.82, 2.24) is 15.4 Å². The zero-order chi connectivity index (χ0) is 20.3. The first kappa shape index (κ1) is 18.8. The topological polar surface area (TPSA) is 65.5 Å². The highest BCUT2D eigenvalue weighted by Crippen LogP contribution is 2.46. The van der Waals surface area contributed by atoms with Gasteiger partial charge >= 0.3 is 6.18 Å². The maximum Gasteiger partial charge on any atom is 0.428 e. The summed E-state index contributed by atoms with van der Waals surface area (Å²) in [5.41, 5.74) is -0.670. The van der Waals surface area contributed by atoms with Crippen LogP contribution >= 0.6 is 0 Å². The van der Waals surface area contributed by atoms with Gasteiger partial charge in [-0.15, -0.1) is 0 Å². The first-order valence-electron chi connectivity index (χ1n) is 8.46. The fourth-order valence-corrected chi connectivity index (χ4v) is 2.73. The van der Waals surface area contributed by atoms with E-state index in [0.717, 1.165) is 6.08 Å². The van der Waals surface area contributed by atoms with Crippen molar-refractivity contribution in [3.63, 3.8) is 0 Å². The summed E-state index contributed by atoms with van der Waals surface area (Å²) in [6.45, 7) is 0. The van der Waals surface area contributed by atoms with E-state index in [0.29, 0.717) is 11.5 Å². The molecule has 0 saturated heterocycles. The van der Waals surface area contributed by atoms with E-state index in [2.05, 4.69) is 15.4 Å². The molecule has 0 amide bonds. The normalized spacial score (nSPS) is 18.7. The van der Waals surface area contributed by atoms with Crippen molar-refractivity contribution in [3.8, 4) is 17.2 Å². The van der Waals surface area contributed by atoms with Gasteiger partial charge in [0, 0.05) is 11.6 Å². The second kappa shape index (κ2) is 7.44. The fourth-order valence-electron chi connectivity index (χ4n) is 2.73. The minimum absolute atomic E-state index is 0.138. The Labute approximate surface area is 163 Å². The van der Waals surface area contributed by atoms with E-state index in [-0.39, 0.29) is 17.2 Å². The van der Waals surface area contributed by atoms with Crippen molar-refractivity contribution in [2.45, 2.75) is 11.8 Å². The van der Waals surface area contributed by atoms with Crippen molar-refractivity contribution in [2.24, 2.45) is 0 Å². The number of para-hydroxylation sites is 1. The number of benzene rings is 2. The maximum absolute atomic E-state index is 13.9. The van der Waals surface area contributed by atoms with Crippen LogP contribution in [-0.2, 0) is 10.4 Å². The number of hydrogen-bond acceptors (Lipinski definition) is 6. The molecule has 29 heavy (non-hydrogen) atoms. The molecule has 1 N–H and O–H groups in total. The van der Waals surface area contributed by atoms with Crippen molar-refractivity contribution < 1.29 is 27.5 Å². The summed E-state index contributed by atoms with van der Waals surface area (Å²) >= 11 is 0. The zero-order valence-electron chi connectivity index (χ0n) is 14.8. The van der Waals surface area contributed by atoms with Gasteiger partial charge in [0.25, 0.3) is 0 Å². The van der Waals surface area contributed by atoms with E-state index in [9.17, 15) is 13.2 Å². The average Bonchev–Trinajstić information content (AvgIpc) is 3.15. The van der Waals surface area contributed by atoms with Crippen molar-refractivity contribution in [2.75, 3.05) is 0 Å². The molecule has 3 aromatic rings. The molecule has 1 aliphatic rings. The number of aromatic nitrogens is 2. The molecule has 148 valence electrons. The van der Waals surface area contributed by atoms with Crippen molar-refractivity contribution in [1.29, 1.82) is 0 Å². The number of nitrogens with one attached hydrogen (secondary N) is 1. The Morgan fingerprint density at radius 2 is 1.48 bits per heavy atom. The van der Waals surface area contributed by atoms with Gasteiger partial charge in [0.05, 0.1) is 12.4 Å². The second-order valence-electron chi connectivity index (χ2n) is 6.06. The molecule has 1 atom stereocenters. The number of nitrogens with zero attached hydrogens (tertiary/aromatic N) is 2. The lowest BCUT2D eigenvalue weighted by molar-refractivity contribution is -0.270. The minimum Gasteiger partial charge on any atom is -0.457 e. The minimum atomic E-state index is -4.75. The SMILES string of the molecule is FC(F)(F)[C@@]1(c2ccc(Oc3ccccc3)cc2)C=C(Oc2cncnc2)NO1. The fraction of sp³-hybridized carbons (Fsp3) is 0.100. The lowest BCUT2D eigenvalue weighted by atomic mass is 9.93. The lowest BCUT2D eigenvalue weighted by Crippen LogP contribution is -2.42. The standard InChI is InChI=1S/C20H14F3N3O3/c21-20(22,23)19(10-18(26-29-19)28-17-11-24-13-25-12-17)14-6-8-16(9-7-14)27-15-4-2-1-3-5-15/h1-13,26H/t19-/m0/s1. The van der Waals surface area contributed by atoms with E-state index in [1.54, 1.807) is 24.3 Å². The maximum atomic E-state index is 13.9. The predicted molar refractivity (Wildman–Crippen MR) is 95.7 cm³/mol. The Kier molecular flexibility index (Phi) is 4.81. The zero-order valence-corrected chi connectivity index (χ0v) is 14.8. The molecular formula is C20H14F3N3O3. The summed E-state index contributed by atoms with van der Waals surface area (Å²) in [7, 11) is 0. The number of alkyl halides is 3. The van der Waals surface area contributed by atoms with Gasteiger partial charge in [0.2, 0.25) is 11.5 Å². The molecule has 0 unspecified atom stereocenters. The Hall–Kier alpha value is -3.59. The third kappa shape index (κ3) is 3.85. The number of ether oxygens (including phenoxy) is 2. The first-order chi connectivity index (χ1) is 14.0. The van der Waals surface area contributed by atoms with Crippen LogP contribution in [0.3, 0.4) is 0 Å². The van der Waals surface area contributed by atoms with Gasteiger partial charge < -0.3 is 9.47 Å². The summed E-state index contributed by atoms with van der Waals surface area (Å²) in [5, 5.41) is 0. The quantitative estimate of drug-likeness (QED) is 0.680. The van der Waals surface area contributed by atoms with Crippen LogP contribution < -0.4 is 15.0 Å². The molecule has 0 spiro atoms. The second-order valence-corrected chi connectivity index (χ2v) is 6.06. The number of hydrogen-bond donors (Lipinski definition) is 1. The molecule has 0 saturated carbocycles. The number of halogens is 3. The third-order valence-corrected chi connectivity index (χ3v) is 4.09. The Bertz CT molecular complexity index is 996. The van der Waals surface area contributed by atoms with Crippen molar-refractivity contribution in [3.05, 3.63) is 90.8 Å². The molecule has 0 bridgehead atoms. The Balaban J connectivity index is 1.60. The molecule has 0 fully saturated rings. The van der Waals surface area contributed by atoms with Crippen LogP contribution in [0, 0.1) is 0 Å². The van der Waals surface area contributed by atoms with Crippen LogP contribution in [0.1, 0.15) is 5.56 Å². The third-order valence-electron chi connectivity index (χ3n) is 4.09. The van der Waals surface area contributed by atoms with Crippen LogP contribution in [-0.4, -0.2) is 16.1 Å². The monoisotopic (exact) mass is 401 g/mol. The van der Waals surface area contributed by atoms with E-state index < -0.39 is 11.8 Å². The molecule has 0 radical (unpaired) electrons. The van der Waals surface area contributed by atoms with Gasteiger partial charge in [0.15, 0.2) is 5.75 Å². The van der Waals surface area contributed by atoms with Gasteiger partial charge in [-0.25, -0.2) is 20.3 Å². The van der Waals surface area contributed by atoms with Crippen molar-refractivity contribution >= 4 is 0 Å². The molecule has 2 heterocycles. The molecule has 4 rings (SSSR count). The highest BCUT2D eigenvalue weighted by Gasteiger charge is 2.60. The van der Waals surface area contributed by atoms with E-state index in [1.807, 2.05) is 6.07 Å². The molecule has 1 aliphatic heterocycles. The molecule has 0 aliphatic carbocycles. The first-order valence-corrected chi connectivity index (χ1v) is 8.46. The highest BCUT2D eigenvalue weighted by molar-refractivity contribution is 5.39. The van der Waals surface area contributed by atoms with Crippen LogP contribution in [0.15, 0.2) is 85.3 Å². The molecule has 6 nitrogen and oxygen atoms in total. The molecule has 1 aromatic heterocycles. The number of hydroxylamine groups is 1. The summed E-state index contributed by atoms with van der Waals surface area (Å²) in [6.07, 6.45) is -0.0102. The van der Waals surface area contributed by atoms with E-state index >= 15 is 0 Å². The molecule has 2 aromatic carbocycles. The van der Waals surface area contributed by atoms with Gasteiger partial charge in [0.1, 0.15) is 17.8 Å². The Morgan fingerprint density at radius 1 is 0.828 bits per heavy atom. The van der Waals surface area contributed by atoms with Gasteiger partial charge in [-0.1, -0.05) is 30.3 Å². The van der Waals surface area contributed by atoms with Gasteiger partial charge in [-0.05, 0) is 24.3 Å². The molecule has 9 heteroatoms. The smallest absolute Gasteiger partial charge is 0.428 e. The van der Waals surface area contributed by atoms with E-state index in [1.165, 1.54) is 43.0 Å². The highest BCUT2D eigenvalue weighted by atomic mass is 19.4. The van der Waals surface area contributed by atoms with Crippen LogP contribution in [0.4, 0.5) is 13.2 Å². The van der Waals surface area contributed by atoms with Crippen LogP contribution in [0.2, 0.25) is 0 Å². The van der Waals surface area contributed by atoms with Crippen LogP contribution in [0.5, 0.6) is 17.2 Å². The summed E-state index contributed by atoms with van der Waals surface area (Å²) in [5.74, 6) is 0.913. The average molecular weight is 401 g/mol. The largest absolute Gasteiger partial charge is 0.457 e. The van der Waals surface area contributed by atoms with E-state index in [4.69, 9.17) is 14.3 Å². The van der Waals surface area contributed by atoms with Crippen LogP contribution in [0.25, 0.3) is 0 Å². The predicted octanol–water partition coefficient (Wildman–Crippen LogP) is 4.48. The summed E-state index contributed by atoms with van der Waals surface area (Å²) < 4.78 is 52.8. The lowest BCUT2D eigenvalue weighted by Gasteiger charge is -2.28. The van der Waals surface area contributed by atoms with Gasteiger partial charge in [-0.3, -0.25) is 0 Å². The van der Waals surface area contributed by atoms with Gasteiger partial charge in [-0.2, -0.15) is 13.2 Å². The number of rotatable bonds is 5. The summed E-state index contributed by atoms with van der Waals surface area (Å²) in [4.78, 5) is 12.5.